The quantitative estimate of drug-likeness (QED) is 0.514. The molecule has 0 unspecified atom stereocenters. The smallest absolute Gasteiger partial charge is 0.254 e. The Labute approximate surface area is 161 Å². The van der Waals surface area contributed by atoms with Gasteiger partial charge in [-0.05, 0) is 42.4 Å². The SMILES string of the molecule is CN1CCO[C@@H](C(=O)Nc2cc(-c3cccc4[nH]ccc34)cc3[nH]ncc23)C1. The van der Waals surface area contributed by atoms with E-state index in [0.29, 0.717) is 13.2 Å². The number of anilines is 1. The molecule has 0 spiro atoms. The number of amides is 1. The van der Waals surface area contributed by atoms with Gasteiger partial charge in [-0.1, -0.05) is 12.1 Å². The van der Waals surface area contributed by atoms with Gasteiger partial charge in [-0.25, -0.2) is 0 Å². The summed E-state index contributed by atoms with van der Waals surface area (Å²) in [7, 11) is 2.00. The fourth-order valence-electron chi connectivity index (χ4n) is 3.80. The molecule has 1 amide bonds. The zero-order valence-corrected chi connectivity index (χ0v) is 15.5. The van der Waals surface area contributed by atoms with Crippen molar-refractivity contribution in [2.45, 2.75) is 6.10 Å². The molecular weight excluding hydrogens is 354 g/mol. The van der Waals surface area contributed by atoms with Crippen molar-refractivity contribution in [3.05, 3.63) is 48.8 Å². The van der Waals surface area contributed by atoms with Crippen LogP contribution in [-0.4, -0.2) is 58.8 Å². The number of hydrogen-bond donors (Lipinski definition) is 3. The van der Waals surface area contributed by atoms with E-state index in [2.05, 4.69) is 43.6 Å². The van der Waals surface area contributed by atoms with Crippen LogP contribution >= 0.6 is 0 Å². The molecule has 2 aromatic carbocycles. The summed E-state index contributed by atoms with van der Waals surface area (Å²) in [4.78, 5) is 18.1. The first-order valence-electron chi connectivity index (χ1n) is 9.33. The first kappa shape index (κ1) is 17.0. The number of morpholine rings is 1. The number of fused-ring (bicyclic) bond motifs is 2. The predicted octanol–water partition coefficient (Wildman–Crippen LogP) is 2.98. The third kappa shape index (κ3) is 2.94. The number of rotatable bonds is 3. The lowest BCUT2D eigenvalue weighted by molar-refractivity contribution is -0.132. The molecule has 1 aliphatic rings. The van der Waals surface area contributed by atoms with Crippen molar-refractivity contribution >= 4 is 33.4 Å². The van der Waals surface area contributed by atoms with Crippen LogP contribution in [0.2, 0.25) is 0 Å². The number of H-pyrrole nitrogens is 2. The van der Waals surface area contributed by atoms with Crippen LogP contribution in [0.1, 0.15) is 0 Å². The lowest BCUT2D eigenvalue weighted by Crippen LogP contribution is -2.46. The zero-order valence-electron chi connectivity index (χ0n) is 15.5. The Morgan fingerprint density at radius 1 is 1.25 bits per heavy atom. The first-order chi connectivity index (χ1) is 13.7. The molecule has 142 valence electrons. The van der Waals surface area contributed by atoms with E-state index >= 15 is 0 Å². The molecule has 1 saturated heterocycles. The van der Waals surface area contributed by atoms with Crippen molar-refractivity contribution in [2.24, 2.45) is 0 Å². The molecule has 0 saturated carbocycles. The summed E-state index contributed by atoms with van der Waals surface area (Å²) in [6, 6.07) is 12.3. The second-order valence-electron chi connectivity index (χ2n) is 7.21. The number of nitrogens with zero attached hydrogens (tertiary/aromatic N) is 2. The topological polar surface area (TPSA) is 86.0 Å². The van der Waals surface area contributed by atoms with Crippen LogP contribution in [0, 0.1) is 0 Å². The Morgan fingerprint density at radius 3 is 3.07 bits per heavy atom. The zero-order chi connectivity index (χ0) is 19.1. The minimum absolute atomic E-state index is 0.133. The van der Waals surface area contributed by atoms with Crippen molar-refractivity contribution < 1.29 is 9.53 Å². The summed E-state index contributed by atoms with van der Waals surface area (Å²) >= 11 is 0. The number of benzene rings is 2. The molecular formula is C21H21N5O2. The Morgan fingerprint density at radius 2 is 2.18 bits per heavy atom. The maximum atomic E-state index is 12.8. The largest absolute Gasteiger partial charge is 0.366 e. The molecule has 5 rings (SSSR count). The van der Waals surface area contributed by atoms with E-state index in [9.17, 15) is 4.79 Å². The average Bonchev–Trinajstić information content (AvgIpc) is 3.36. The van der Waals surface area contributed by atoms with Gasteiger partial charge in [0.25, 0.3) is 5.91 Å². The summed E-state index contributed by atoms with van der Waals surface area (Å²) in [6.07, 6.45) is 3.19. The molecule has 0 aliphatic carbocycles. The van der Waals surface area contributed by atoms with Gasteiger partial charge in [0.15, 0.2) is 0 Å². The summed E-state index contributed by atoms with van der Waals surface area (Å²) in [5.74, 6) is -0.133. The summed E-state index contributed by atoms with van der Waals surface area (Å²) in [5.41, 5.74) is 4.79. The second-order valence-corrected chi connectivity index (χ2v) is 7.21. The second kappa shape index (κ2) is 6.78. The molecule has 3 heterocycles. The number of carbonyl (C=O) groups is 1. The first-order valence-corrected chi connectivity index (χ1v) is 9.33. The van der Waals surface area contributed by atoms with Crippen LogP contribution in [0.15, 0.2) is 48.8 Å². The third-order valence-corrected chi connectivity index (χ3v) is 5.28. The van der Waals surface area contributed by atoms with Gasteiger partial charge in [-0.15, -0.1) is 0 Å². The Kier molecular flexibility index (Phi) is 4.11. The van der Waals surface area contributed by atoms with E-state index in [1.54, 1.807) is 6.20 Å². The van der Waals surface area contributed by atoms with Crippen LogP contribution in [0.5, 0.6) is 0 Å². The van der Waals surface area contributed by atoms with E-state index in [4.69, 9.17) is 4.74 Å². The maximum absolute atomic E-state index is 12.8. The number of carbonyl (C=O) groups excluding carboxylic acids is 1. The van der Waals surface area contributed by atoms with E-state index in [-0.39, 0.29) is 5.91 Å². The van der Waals surface area contributed by atoms with Gasteiger partial charge >= 0.3 is 0 Å². The minimum atomic E-state index is -0.475. The van der Waals surface area contributed by atoms with Gasteiger partial charge in [-0.2, -0.15) is 5.10 Å². The number of hydrogen-bond acceptors (Lipinski definition) is 4. The fourth-order valence-corrected chi connectivity index (χ4v) is 3.80. The number of aromatic amines is 2. The van der Waals surface area contributed by atoms with Gasteiger partial charge in [0, 0.05) is 35.6 Å². The molecule has 3 N–H and O–H groups in total. The van der Waals surface area contributed by atoms with Crippen molar-refractivity contribution in [2.75, 3.05) is 32.1 Å². The molecule has 1 fully saturated rings. The molecule has 0 bridgehead atoms. The van der Waals surface area contributed by atoms with Gasteiger partial charge in [-0.3, -0.25) is 9.89 Å². The third-order valence-electron chi connectivity index (χ3n) is 5.28. The number of aromatic nitrogens is 3. The molecule has 0 radical (unpaired) electrons. The highest BCUT2D eigenvalue weighted by Crippen LogP contribution is 2.34. The van der Waals surface area contributed by atoms with Crippen LogP contribution < -0.4 is 5.32 Å². The predicted molar refractivity (Wildman–Crippen MR) is 109 cm³/mol. The lowest BCUT2D eigenvalue weighted by atomic mass is 9.99. The van der Waals surface area contributed by atoms with E-state index in [1.165, 1.54) is 0 Å². The Balaban J connectivity index is 1.55. The average molecular weight is 375 g/mol. The monoisotopic (exact) mass is 375 g/mol. The van der Waals surface area contributed by atoms with Crippen molar-refractivity contribution in [3.8, 4) is 11.1 Å². The summed E-state index contributed by atoms with van der Waals surface area (Å²) in [5, 5.41) is 12.2. The van der Waals surface area contributed by atoms with E-state index in [1.807, 2.05) is 31.4 Å². The number of likely N-dealkylation sites (N-methyl/N-ethyl adjacent to an activating group) is 1. The molecule has 7 heteroatoms. The maximum Gasteiger partial charge on any atom is 0.254 e. The fraction of sp³-hybridized carbons (Fsp3) is 0.238. The Hall–Kier alpha value is -3.16. The van der Waals surface area contributed by atoms with Crippen molar-refractivity contribution in [1.29, 1.82) is 0 Å². The van der Waals surface area contributed by atoms with Crippen LogP contribution in [0.3, 0.4) is 0 Å². The van der Waals surface area contributed by atoms with Crippen LogP contribution in [0.25, 0.3) is 32.9 Å². The van der Waals surface area contributed by atoms with Crippen LogP contribution in [-0.2, 0) is 9.53 Å². The van der Waals surface area contributed by atoms with Crippen LogP contribution in [0.4, 0.5) is 5.69 Å². The Bertz CT molecular complexity index is 1160. The molecule has 28 heavy (non-hydrogen) atoms. The molecule has 4 aromatic rings. The summed E-state index contributed by atoms with van der Waals surface area (Å²) in [6.45, 7) is 1.99. The van der Waals surface area contributed by atoms with E-state index in [0.717, 1.165) is 45.2 Å². The standard InChI is InChI=1S/C21H21N5O2/c1-26-7-8-28-20(12-26)21(27)24-18-9-13(10-19-16(18)11-23-25-19)14-3-2-4-17-15(14)5-6-22-17/h2-6,9-11,20,22H,7-8,12H2,1H3,(H,23,25)(H,24,27)/t20-/m1/s1. The van der Waals surface area contributed by atoms with Gasteiger partial charge in [0.2, 0.25) is 0 Å². The number of ether oxygens (including phenoxy) is 1. The highest BCUT2D eigenvalue weighted by atomic mass is 16.5. The van der Waals surface area contributed by atoms with E-state index < -0.39 is 6.10 Å². The molecule has 1 atom stereocenters. The highest BCUT2D eigenvalue weighted by Gasteiger charge is 2.25. The minimum Gasteiger partial charge on any atom is -0.366 e. The van der Waals surface area contributed by atoms with Gasteiger partial charge in [0.05, 0.1) is 24.0 Å². The lowest BCUT2D eigenvalue weighted by Gasteiger charge is -2.29. The highest BCUT2D eigenvalue weighted by molar-refractivity contribution is 6.06. The van der Waals surface area contributed by atoms with Crippen molar-refractivity contribution in [3.63, 3.8) is 0 Å². The van der Waals surface area contributed by atoms with Gasteiger partial charge in [0.1, 0.15) is 6.10 Å². The van der Waals surface area contributed by atoms with Gasteiger partial charge < -0.3 is 19.9 Å². The molecule has 2 aromatic heterocycles. The van der Waals surface area contributed by atoms with Crippen molar-refractivity contribution in [1.82, 2.24) is 20.1 Å². The molecule has 7 nitrogen and oxygen atoms in total. The molecule has 1 aliphatic heterocycles. The number of nitrogens with one attached hydrogen (secondary N) is 3. The normalized spacial score (nSPS) is 18.0. The summed E-state index contributed by atoms with van der Waals surface area (Å²) < 4.78 is 5.66.